The predicted octanol–water partition coefficient (Wildman–Crippen LogP) is 1.44. The van der Waals surface area contributed by atoms with Gasteiger partial charge >= 0.3 is 0 Å². The van der Waals surface area contributed by atoms with E-state index in [1.54, 1.807) is 30.3 Å². The molecule has 172 valence electrons. The van der Waals surface area contributed by atoms with Crippen LogP contribution in [0.25, 0.3) is 0 Å². The van der Waals surface area contributed by atoms with Gasteiger partial charge in [-0.1, -0.05) is 12.1 Å². The number of benzene rings is 2. The number of nitrogens with zero attached hydrogens (tertiary/aromatic N) is 3. The zero-order valence-corrected chi connectivity index (χ0v) is 18.9. The van der Waals surface area contributed by atoms with Gasteiger partial charge in [-0.05, 0) is 42.5 Å². The fourth-order valence-electron chi connectivity index (χ4n) is 3.12. The van der Waals surface area contributed by atoms with Crippen LogP contribution in [0.4, 0.5) is 17.3 Å². The topological polar surface area (TPSA) is 148 Å². The Morgan fingerprint density at radius 1 is 1.00 bits per heavy atom. The van der Waals surface area contributed by atoms with E-state index in [9.17, 15) is 21.6 Å². The molecule has 0 fully saturated rings. The van der Waals surface area contributed by atoms with E-state index in [-0.39, 0.29) is 23.1 Å². The first kappa shape index (κ1) is 22.5. The van der Waals surface area contributed by atoms with E-state index in [0.717, 1.165) is 10.6 Å². The number of carbonyl (C=O) groups excluding carboxylic acids is 1. The van der Waals surface area contributed by atoms with Gasteiger partial charge in [0, 0.05) is 18.1 Å². The van der Waals surface area contributed by atoms with Crippen LogP contribution in [-0.4, -0.2) is 51.6 Å². The molecule has 1 aromatic heterocycles. The van der Waals surface area contributed by atoms with Crippen molar-refractivity contribution in [3.8, 4) is 5.75 Å². The van der Waals surface area contributed by atoms with E-state index >= 15 is 0 Å². The van der Waals surface area contributed by atoms with Crippen molar-refractivity contribution in [2.45, 2.75) is 11.0 Å². The summed E-state index contributed by atoms with van der Waals surface area (Å²) >= 11 is 0. The van der Waals surface area contributed by atoms with Crippen molar-refractivity contribution in [2.75, 3.05) is 27.1 Å². The van der Waals surface area contributed by atoms with E-state index in [2.05, 4.69) is 20.0 Å². The number of anilines is 3. The number of para-hydroxylation sites is 2. The van der Waals surface area contributed by atoms with Crippen LogP contribution in [0, 0.1) is 0 Å². The lowest BCUT2D eigenvalue weighted by Crippen LogP contribution is -2.48. The van der Waals surface area contributed by atoms with Gasteiger partial charge in [-0.25, -0.2) is 31.5 Å². The van der Waals surface area contributed by atoms with Crippen molar-refractivity contribution in [3.05, 3.63) is 67.0 Å². The molecule has 1 aliphatic rings. The zero-order chi connectivity index (χ0) is 23.6. The lowest BCUT2D eigenvalue weighted by molar-refractivity contribution is -0.122. The van der Waals surface area contributed by atoms with E-state index in [4.69, 9.17) is 4.74 Å². The Balaban J connectivity index is 1.48. The Morgan fingerprint density at radius 2 is 1.67 bits per heavy atom. The highest BCUT2D eigenvalue weighted by atomic mass is 32.2. The molecule has 2 heterocycles. The predicted molar refractivity (Wildman–Crippen MR) is 121 cm³/mol. The summed E-state index contributed by atoms with van der Waals surface area (Å²) in [6.45, 7) is -0.199. The second kappa shape index (κ2) is 8.67. The Bertz CT molecular complexity index is 1380. The minimum atomic E-state index is -3.92. The maximum absolute atomic E-state index is 12.8. The second-order valence-electron chi connectivity index (χ2n) is 7.06. The lowest BCUT2D eigenvalue weighted by Gasteiger charge is -2.33. The molecule has 13 heteroatoms. The van der Waals surface area contributed by atoms with E-state index < -0.39 is 32.1 Å². The summed E-state index contributed by atoms with van der Waals surface area (Å²) in [5.74, 6) is -0.380. The molecule has 0 spiro atoms. The number of aromatic nitrogens is 2. The molecule has 1 unspecified atom stereocenters. The minimum absolute atomic E-state index is 0.0564. The SMILES string of the molecule is CS(=O)(=O)N1CC(C(=O)Nc2ccc(S(=O)(=O)Nc3ncccn3)cc2)Oc2ccccc21. The molecule has 0 aliphatic carbocycles. The van der Waals surface area contributed by atoms with Crippen LogP contribution in [-0.2, 0) is 24.8 Å². The van der Waals surface area contributed by atoms with Crippen LogP contribution >= 0.6 is 0 Å². The third-order valence-electron chi connectivity index (χ3n) is 4.65. The summed E-state index contributed by atoms with van der Waals surface area (Å²) in [5, 5.41) is 2.62. The molecule has 3 aromatic rings. The first-order valence-electron chi connectivity index (χ1n) is 9.58. The van der Waals surface area contributed by atoms with E-state index in [1.807, 2.05) is 0 Å². The molecule has 0 bridgehead atoms. The van der Waals surface area contributed by atoms with Gasteiger partial charge < -0.3 is 10.1 Å². The van der Waals surface area contributed by atoms with Crippen molar-refractivity contribution >= 4 is 43.3 Å². The first-order valence-corrected chi connectivity index (χ1v) is 12.9. The summed E-state index contributed by atoms with van der Waals surface area (Å²) in [4.78, 5) is 20.3. The van der Waals surface area contributed by atoms with Gasteiger partial charge in [-0.2, -0.15) is 0 Å². The highest BCUT2D eigenvalue weighted by Gasteiger charge is 2.34. The largest absolute Gasteiger partial charge is 0.476 e. The molecule has 0 saturated heterocycles. The summed E-state index contributed by atoms with van der Waals surface area (Å²) in [7, 11) is -7.56. The number of fused-ring (bicyclic) bond motifs is 1. The van der Waals surface area contributed by atoms with Crippen LogP contribution < -0.4 is 19.1 Å². The van der Waals surface area contributed by atoms with Crippen LogP contribution in [0.2, 0.25) is 0 Å². The number of ether oxygens (including phenoxy) is 1. The highest BCUT2D eigenvalue weighted by Crippen LogP contribution is 2.34. The van der Waals surface area contributed by atoms with Crippen LogP contribution in [0.15, 0.2) is 71.9 Å². The lowest BCUT2D eigenvalue weighted by atomic mass is 10.2. The minimum Gasteiger partial charge on any atom is -0.476 e. The standard InChI is InChI=1S/C20H19N5O6S2/c1-32(27,28)25-13-18(31-17-6-3-2-5-16(17)25)19(26)23-14-7-9-15(10-8-14)33(29,30)24-20-21-11-4-12-22-20/h2-12,18H,13H2,1H3,(H,23,26)(H,21,22,24). The first-order chi connectivity index (χ1) is 15.6. The molecule has 1 aliphatic heterocycles. The summed E-state index contributed by atoms with van der Waals surface area (Å²) in [6.07, 6.45) is 2.76. The van der Waals surface area contributed by atoms with Crippen LogP contribution in [0.3, 0.4) is 0 Å². The summed E-state index contributed by atoms with van der Waals surface area (Å²) in [5.41, 5.74) is 0.664. The Kier molecular flexibility index (Phi) is 5.91. The fourth-order valence-corrected chi connectivity index (χ4v) is 5.00. The summed E-state index contributed by atoms with van der Waals surface area (Å²) < 4.78 is 58.4. The molecule has 11 nitrogen and oxygen atoms in total. The third kappa shape index (κ3) is 5.04. The molecule has 0 radical (unpaired) electrons. The van der Waals surface area contributed by atoms with Crippen molar-refractivity contribution in [1.29, 1.82) is 0 Å². The maximum atomic E-state index is 12.8. The molecular formula is C20H19N5O6S2. The number of rotatable bonds is 6. The average molecular weight is 490 g/mol. The quantitative estimate of drug-likeness (QED) is 0.529. The molecule has 33 heavy (non-hydrogen) atoms. The molecule has 4 rings (SSSR count). The smallest absolute Gasteiger partial charge is 0.267 e. The number of nitrogens with one attached hydrogen (secondary N) is 2. The number of amides is 1. The molecule has 1 atom stereocenters. The highest BCUT2D eigenvalue weighted by molar-refractivity contribution is 7.92. The monoisotopic (exact) mass is 489 g/mol. The van der Waals surface area contributed by atoms with Gasteiger partial charge in [-0.15, -0.1) is 0 Å². The number of hydrogen-bond donors (Lipinski definition) is 2. The third-order valence-corrected chi connectivity index (χ3v) is 7.14. The second-order valence-corrected chi connectivity index (χ2v) is 10.6. The van der Waals surface area contributed by atoms with Crippen molar-refractivity contribution in [2.24, 2.45) is 0 Å². The van der Waals surface area contributed by atoms with Gasteiger partial charge in [0.1, 0.15) is 5.75 Å². The molecule has 0 saturated carbocycles. The van der Waals surface area contributed by atoms with Crippen LogP contribution in [0.1, 0.15) is 0 Å². The Hall–Kier alpha value is -3.71. The normalized spacial score (nSPS) is 15.8. The average Bonchev–Trinajstić information content (AvgIpc) is 2.78. The van der Waals surface area contributed by atoms with Crippen LogP contribution in [0.5, 0.6) is 5.75 Å². The van der Waals surface area contributed by atoms with Crippen molar-refractivity contribution in [1.82, 2.24) is 9.97 Å². The number of hydrogen-bond acceptors (Lipinski definition) is 8. The number of carbonyl (C=O) groups is 1. The van der Waals surface area contributed by atoms with Gasteiger partial charge in [-0.3, -0.25) is 9.10 Å². The van der Waals surface area contributed by atoms with Gasteiger partial charge in [0.05, 0.1) is 23.4 Å². The summed E-state index contributed by atoms with van der Waals surface area (Å²) in [6, 6.07) is 13.5. The van der Waals surface area contributed by atoms with Gasteiger partial charge in [0.25, 0.3) is 15.9 Å². The molecule has 2 N–H and O–H groups in total. The van der Waals surface area contributed by atoms with Gasteiger partial charge in [0.2, 0.25) is 16.0 Å². The number of sulfonamides is 2. The molecular weight excluding hydrogens is 470 g/mol. The van der Waals surface area contributed by atoms with Crippen molar-refractivity contribution in [3.63, 3.8) is 0 Å². The van der Waals surface area contributed by atoms with Gasteiger partial charge in [0.15, 0.2) is 6.10 Å². The van der Waals surface area contributed by atoms with Crippen molar-refractivity contribution < 1.29 is 26.4 Å². The molecule has 2 aromatic carbocycles. The Morgan fingerprint density at radius 3 is 2.33 bits per heavy atom. The maximum Gasteiger partial charge on any atom is 0.267 e. The van der Waals surface area contributed by atoms with E-state index in [1.165, 1.54) is 36.7 Å². The fraction of sp³-hybridized carbons (Fsp3) is 0.150. The Labute approximate surface area is 190 Å². The molecule has 1 amide bonds. The van der Waals surface area contributed by atoms with E-state index in [0.29, 0.717) is 11.4 Å². The zero-order valence-electron chi connectivity index (χ0n) is 17.2.